The molecule has 0 amide bonds. The van der Waals surface area contributed by atoms with Crippen molar-refractivity contribution in [1.82, 2.24) is 0 Å². The van der Waals surface area contributed by atoms with Gasteiger partial charge >= 0.3 is 0 Å². The first-order valence-electron chi connectivity index (χ1n) is 3.76. The summed E-state index contributed by atoms with van der Waals surface area (Å²) in [6.45, 7) is 3.06. The van der Waals surface area contributed by atoms with Crippen LogP contribution in [-0.4, -0.2) is 26.2 Å². The second-order valence-corrected chi connectivity index (χ2v) is 2.71. The van der Waals surface area contributed by atoms with E-state index in [1.54, 1.807) is 0 Å². The average Bonchev–Trinajstić information content (AvgIpc) is 2.07. The van der Waals surface area contributed by atoms with E-state index in [1.807, 2.05) is 0 Å². The highest BCUT2D eigenvalue weighted by Gasteiger charge is 2.08. The number of ketones is 1. The van der Waals surface area contributed by atoms with Crippen LogP contribution in [0.15, 0.2) is 12.1 Å². The normalized spacial score (nSPS) is 8.71. The summed E-state index contributed by atoms with van der Waals surface area (Å²) in [7, 11) is 0. The lowest BCUT2D eigenvalue weighted by molar-refractivity contribution is -0.114. The molecule has 0 aliphatic carbocycles. The van der Waals surface area contributed by atoms with E-state index in [1.165, 1.54) is 13.8 Å². The van der Waals surface area contributed by atoms with Gasteiger partial charge in [0.15, 0.2) is 11.5 Å². The van der Waals surface area contributed by atoms with E-state index in [0.717, 1.165) is 12.1 Å². The summed E-state index contributed by atoms with van der Waals surface area (Å²) >= 11 is 0. The van der Waals surface area contributed by atoms with Gasteiger partial charge in [-0.3, -0.25) is 0 Å². The first kappa shape index (κ1) is 12.1. The van der Waals surface area contributed by atoms with Crippen LogP contribution in [-0.2, 0) is 4.79 Å². The molecule has 0 aliphatic heterocycles. The fourth-order valence-corrected chi connectivity index (χ4v) is 0.558. The molecule has 4 N–H and O–H groups in total. The highest BCUT2D eigenvalue weighted by Crippen LogP contribution is 2.40. The van der Waals surface area contributed by atoms with Crippen molar-refractivity contribution in [2.24, 2.45) is 0 Å². The molecule has 0 unspecified atom stereocenters. The molecule has 0 heterocycles. The van der Waals surface area contributed by atoms with Gasteiger partial charge in [-0.15, -0.1) is 0 Å². The SMILES string of the molecule is CC(C)=O.Oc1ccc(O)c(O)c1O. The zero-order valence-corrected chi connectivity index (χ0v) is 7.85. The lowest BCUT2D eigenvalue weighted by Gasteiger charge is -2.00. The van der Waals surface area contributed by atoms with Crippen LogP contribution >= 0.6 is 0 Å². The van der Waals surface area contributed by atoms with Crippen molar-refractivity contribution in [2.75, 3.05) is 0 Å². The minimum Gasteiger partial charge on any atom is -0.504 e. The number of aromatic hydroxyl groups is 4. The van der Waals surface area contributed by atoms with Crippen molar-refractivity contribution in [3.63, 3.8) is 0 Å². The number of hydrogen-bond acceptors (Lipinski definition) is 5. The maximum absolute atomic E-state index is 9.44. The number of phenols is 4. The molecular weight excluding hydrogens is 188 g/mol. The number of phenolic OH excluding ortho intramolecular Hbond substituents is 4. The average molecular weight is 200 g/mol. The van der Waals surface area contributed by atoms with E-state index in [2.05, 4.69) is 0 Å². The smallest absolute Gasteiger partial charge is 0.204 e. The van der Waals surface area contributed by atoms with Crippen LogP contribution in [0.3, 0.4) is 0 Å². The Labute approximate surface area is 80.9 Å². The molecule has 1 rings (SSSR count). The van der Waals surface area contributed by atoms with Gasteiger partial charge in [0.2, 0.25) is 11.5 Å². The van der Waals surface area contributed by atoms with Crippen LogP contribution in [0, 0.1) is 0 Å². The van der Waals surface area contributed by atoms with E-state index in [4.69, 9.17) is 20.4 Å². The largest absolute Gasteiger partial charge is 0.504 e. The second kappa shape index (κ2) is 4.96. The Bertz CT molecular complexity index is 301. The van der Waals surface area contributed by atoms with E-state index in [9.17, 15) is 4.79 Å². The van der Waals surface area contributed by atoms with E-state index >= 15 is 0 Å². The van der Waals surface area contributed by atoms with E-state index < -0.39 is 23.0 Å². The predicted molar refractivity (Wildman–Crippen MR) is 49.5 cm³/mol. The first-order chi connectivity index (χ1) is 6.36. The quantitative estimate of drug-likeness (QED) is 0.371. The van der Waals surface area contributed by atoms with E-state index in [-0.39, 0.29) is 5.78 Å². The van der Waals surface area contributed by atoms with Crippen molar-refractivity contribution in [3.05, 3.63) is 12.1 Å². The molecular formula is C9H12O5. The molecule has 0 aromatic heterocycles. The van der Waals surface area contributed by atoms with Crippen molar-refractivity contribution in [3.8, 4) is 23.0 Å². The van der Waals surface area contributed by atoms with Crippen LogP contribution in [0.25, 0.3) is 0 Å². The lowest BCUT2D eigenvalue weighted by Crippen LogP contribution is -1.71. The van der Waals surface area contributed by atoms with E-state index in [0.29, 0.717) is 0 Å². The molecule has 0 saturated carbocycles. The Balaban J connectivity index is 0.000000364. The van der Waals surface area contributed by atoms with Crippen LogP contribution in [0.2, 0.25) is 0 Å². The van der Waals surface area contributed by atoms with Crippen molar-refractivity contribution >= 4 is 5.78 Å². The second-order valence-electron chi connectivity index (χ2n) is 2.71. The van der Waals surface area contributed by atoms with Crippen molar-refractivity contribution in [1.29, 1.82) is 0 Å². The topological polar surface area (TPSA) is 98.0 Å². The van der Waals surface area contributed by atoms with Gasteiger partial charge in [-0.2, -0.15) is 0 Å². The molecule has 0 bridgehead atoms. The minimum absolute atomic E-state index is 0.167. The molecule has 14 heavy (non-hydrogen) atoms. The molecule has 0 saturated heterocycles. The summed E-state index contributed by atoms with van der Waals surface area (Å²) in [5.74, 6) is -2.18. The first-order valence-corrected chi connectivity index (χ1v) is 3.76. The summed E-state index contributed by atoms with van der Waals surface area (Å²) in [4.78, 5) is 9.44. The third-order valence-corrected chi connectivity index (χ3v) is 1.11. The van der Waals surface area contributed by atoms with Gasteiger partial charge in [0, 0.05) is 0 Å². The summed E-state index contributed by atoms with van der Waals surface area (Å²) in [6, 6.07) is 2.15. The standard InChI is InChI=1S/C6H6O4.C3H6O/c7-3-1-2-4(8)6(10)5(3)9;1-3(2)4/h1-2,7-10H;1-2H3. The number of Topliss-reactive ketones (excluding diaryl/α,β-unsaturated/α-hetero) is 1. The maximum Gasteiger partial charge on any atom is 0.204 e. The third kappa shape index (κ3) is 3.66. The molecule has 5 nitrogen and oxygen atoms in total. The lowest BCUT2D eigenvalue weighted by atomic mass is 10.3. The number of rotatable bonds is 0. The molecule has 1 aromatic carbocycles. The zero-order chi connectivity index (χ0) is 11.3. The highest BCUT2D eigenvalue weighted by atomic mass is 16.3. The summed E-state index contributed by atoms with van der Waals surface area (Å²) < 4.78 is 0. The molecule has 1 aromatic rings. The number of hydrogen-bond donors (Lipinski definition) is 4. The number of carbonyl (C=O) groups is 1. The van der Waals surface area contributed by atoms with Crippen LogP contribution in [0.4, 0.5) is 0 Å². The predicted octanol–water partition coefficient (Wildman–Crippen LogP) is 1.10. The van der Waals surface area contributed by atoms with Gasteiger partial charge in [0.25, 0.3) is 0 Å². The maximum atomic E-state index is 9.44. The van der Waals surface area contributed by atoms with Gasteiger partial charge < -0.3 is 25.2 Å². The summed E-state index contributed by atoms with van der Waals surface area (Å²) in [6.07, 6.45) is 0. The molecule has 0 fully saturated rings. The molecule has 0 radical (unpaired) electrons. The fourth-order valence-electron chi connectivity index (χ4n) is 0.558. The zero-order valence-electron chi connectivity index (χ0n) is 7.85. The summed E-state index contributed by atoms with van der Waals surface area (Å²) in [5, 5.41) is 34.9. The monoisotopic (exact) mass is 200 g/mol. The minimum atomic E-state index is -0.708. The molecule has 0 atom stereocenters. The van der Waals surface area contributed by atoms with Crippen molar-refractivity contribution < 1.29 is 25.2 Å². The van der Waals surface area contributed by atoms with Gasteiger partial charge in [-0.25, -0.2) is 0 Å². The van der Waals surface area contributed by atoms with Gasteiger partial charge in [0.1, 0.15) is 5.78 Å². The van der Waals surface area contributed by atoms with Gasteiger partial charge in [-0.1, -0.05) is 0 Å². The van der Waals surface area contributed by atoms with Crippen LogP contribution in [0.5, 0.6) is 23.0 Å². The molecule has 0 aliphatic rings. The summed E-state index contributed by atoms with van der Waals surface area (Å²) in [5.41, 5.74) is 0. The number of carbonyl (C=O) groups excluding carboxylic acids is 1. The molecule has 78 valence electrons. The fraction of sp³-hybridized carbons (Fsp3) is 0.222. The number of benzene rings is 1. The van der Waals surface area contributed by atoms with Crippen LogP contribution in [0.1, 0.15) is 13.8 Å². The Hall–Kier alpha value is -1.91. The Kier molecular flexibility index (Phi) is 4.28. The van der Waals surface area contributed by atoms with Crippen molar-refractivity contribution in [2.45, 2.75) is 13.8 Å². The Morgan fingerprint density at radius 2 is 1.14 bits per heavy atom. The Morgan fingerprint density at radius 1 is 0.929 bits per heavy atom. The highest BCUT2D eigenvalue weighted by molar-refractivity contribution is 5.72. The molecule has 0 spiro atoms. The third-order valence-electron chi connectivity index (χ3n) is 1.11. The Morgan fingerprint density at radius 3 is 1.36 bits per heavy atom. The van der Waals surface area contributed by atoms with Gasteiger partial charge in [-0.05, 0) is 26.0 Å². The molecule has 5 heteroatoms. The van der Waals surface area contributed by atoms with Crippen LogP contribution < -0.4 is 0 Å². The van der Waals surface area contributed by atoms with Gasteiger partial charge in [0.05, 0.1) is 0 Å².